The number of hydrogen-bond donors (Lipinski definition) is 0. The Morgan fingerprint density at radius 2 is 1.68 bits per heavy atom. The first-order chi connectivity index (χ1) is 9.17. The predicted octanol–water partition coefficient (Wildman–Crippen LogP) is 4.93. The van der Waals surface area contributed by atoms with Crippen LogP contribution in [0.15, 0.2) is 35.2 Å². The molecule has 0 unspecified atom stereocenters. The van der Waals surface area contributed by atoms with Gasteiger partial charge in [-0.25, -0.2) is 0 Å². The molecular weight excluding hydrogens is 250 g/mol. The predicted molar refractivity (Wildman–Crippen MR) is 87.9 cm³/mol. The minimum absolute atomic E-state index is 0.749. The average Bonchev–Trinajstić information content (AvgIpc) is 2.40. The van der Waals surface area contributed by atoms with Crippen LogP contribution < -0.4 is 0 Å². The van der Waals surface area contributed by atoms with Gasteiger partial charge in [0.1, 0.15) is 0 Å². The molecule has 1 rings (SSSR count). The summed E-state index contributed by atoms with van der Waals surface area (Å²) in [6.45, 7) is 11.7. The number of benzene rings is 1. The summed E-state index contributed by atoms with van der Waals surface area (Å²) in [5.41, 5.74) is 0. The molecule has 0 aromatic heterocycles. The van der Waals surface area contributed by atoms with Gasteiger partial charge in [0, 0.05) is 29.8 Å². The van der Waals surface area contributed by atoms with Gasteiger partial charge in [-0.05, 0) is 30.9 Å². The molecule has 1 aromatic carbocycles. The maximum atomic E-state index is 2.68. The molecule has 0 saturated heterocycles. The summed E-state index contributed by atoms with van der Waals surface area (Å²) in [4.78, 5) is 4.07. The van der Waals surface area contributed by atoms with Crippen LogP contribution in [0, 0.1) is 5.92 Å². The Morgan fingerprint density at radius 1 is 1.05 bits per heavy atom. The van der Waals surface area contributed by atoms with Gasteiger partial charge in [0.15, 0.2) is 0 Å². The van der Waals surface area contributed by atoms with Crippen molar-refractivity contribution in [3.05, 3.63) is 30.3 Å². The zero-order valence-electron chi connectivity index (χ0n) is 12.9. The number of nitrogens with zero attached hydrogens (tertiary/aromatic N) is 1. The minimum Gasteiger partial charge on any atom is -0.299 e. The van der Waals surface area contributed by atoms with Gasteiger partial charge in [-0.1, -0.05) is 45.9 Å². The smallest absolute Gasteiger partial charge is 0.0108 e. The highest BCUT2D eigenvalue weighted by molar-refractivity contribution is 7.99. The SMILES string of the molecule is CCC(CC)N(CCSc1ccccc1)CC(C)C. The highest BCUT2D eigenvalue weighted by Crippen LogP contribution is 2.19. The fourth-order valence-corrected chi connectivity index (χ4v) is 3.41. The Kier molecular flexibility index (Phi) is 8.24. The van der Waals surface area contributed by atoms with Crippen LogP contribution >= 0.6 is 11.8 Å². The van der Waals surface area contributed by atoms with Crippen LogP contribution in [0.1, 0.15) is 40.5 Å². The summed E-state index contributed by atoms with van der Waals surface area (Å²) in [5, 5.41) is 0. The van der Waals surface area contributed by atoms with E-state index in [1.54, 1.807) is 0 Å². The lowest BCUT2D eigenvalue weighted by molar-refractivity contribution is 0.176. The Hall–Kier alpha value is -0.470. The fourth-order valence-electron chi connectivity index (χ4n) is 2.49. The second kappa shape index (κ2) is 9.44. The fraction of sp³-hybridized carbons (Fsp3) is 0.647. The summed E-state index contributed by atoms with van der Waals surface area (Å²) in [6, 6.07) is 11.5. The molecule has 19 heavy (non-hydrogen) atoms. The van der Waals surface area contributed by atoms with Crippen molar-refractivity contribution in [3.8, 4) is 0 Å². The van der Waals surface area contributed by atoms with E-state index in [1.165, 1.54) is 36.6 Å². The van der Waals surface area contributed by atoms with Gasteiger partial charge in [0.25, 0.3) is 0 Å². The van der Waals surface area contributed by atoms with Crippen LogP contribution in [-0.4, -0.2) is 29.8 Å². The molecule has 0 saturated carbocycles. The first-order valence-electron chi connectivity index (χ1n) is 7.59. The molecule has 2 heteroatoms. The van der Waals surface area contributed by atoms with Crippen molar-refractivity contribution in [2.45, 2.75) is 51.5 Å². The van der Waals surface area contributed by atoms with E-state index in [9.17, 15) is 0 Å². The molecule has 0 bridgehead atoms. The molecule has 0 amide bonds. The summed E-state index contributed by atoms with van der Waals surface area (Å²) in [5.74, 6) is 1.94. The molecule has 0 N–H and O–H groups in total. The van der Waals surface area contributed by atoms with E-state index < -0.39 is 0 Å². The van der Waals surface area contributed by atoms with Gasteiger partial charge >= 0.3 is 0 Å². The molecule has 1 aromatic rings. The maximum absolute atomic E-state index is 2.68. The number of rotatable bonds is 9. The van der Waals surface area contributed by atoms with E-state index in [1.807, 2.05) is 11.8 Å². The molecule has 0 spiro atoms. The zero-order chi connectivity index (χ0) is 14.1. The Bertz CT molecular complexity index is 319. The lowest BCUT2D eigenvalue weighted by atomic mass is 10.1. The van der Waals surface area contributed by atoms with Gasteiger partial charge in [-0.15, -0.1) is 11.8 Å². The largest absolute Gasteiger partial charge is 0.299 e. The third-order valence-corrected chi connectivity index (χ3v) is 4.44. The van der Waals surface area contributed by atoms with Crippen LogP contribution in [0.25, 0.3) is 0 Å². The molecule has 0 aliphatic heterocycles. The summed E-state index contributed by atoms with van der Waals surface area (Å²) >= 11 is 1.97. The molecule has 0 radical (unpaired) electrons. The molecular formula is C17H29NS. The van der Waals surface area contributed by atoms with Crippen LogP contribution in [0.5, 0.6) is 0 Å². The van der Waals surface area contributed by atoms with E-state index in [-0.39, 0.29) is 0 Å². The third kappa shape index (κ3) is 6.49. The van der Waals surface area contributed by atoms with Crippen molar-refractivity contribution in [2.75, 3.05) is 18.8 Å². The van der Waals surface area contributed by atoms with Crippen molar-refractivity contribution in [1.29, 1.82) is 0 Å². The van der Waals surface area contributed by atoms with Gasteiger partial charge in [0.2, 0.25) is 0 Å². The van der Waals surface area contributed by atoms with E-state index in [0.29, 0.717) is 0 Å². The van der Waals surface area contributed by atoms with E-state index in [4.69, 9.17) is 0 Å². The van der Waals surface area contributed by atoms with E-state index >= 15 is 0 Å². The highest BCUT2D eigenvalue weighted by Gasteiger charge is 2.15. The Labute approximate surface area is 123 Å². The average molecular weight is 279 g/mol. The van der Waals surface area contributed by atoms with Crippen molar-refractivity contribution in [1.82, 2.24) is 4.90 Å². The van der Waals surface area contributed by atoms with Crippen molar-refractivity contribution in [2.24, 2.45) is 5.92 Å². The van der Waals surface area contributed by atoms with Crippen LogP contribution in [-0.2, 0) is 0 Å². The standard InChI is InChI=1S/C17H29NS/c1-5-16(6-2)18(14-15(3)4)12-13-19-17-10-8-7-9-11-17/h7-11,15-16H,5-6,12-14H2,1-4H3. The van der Waals surface area contributed by atoms with Gasteiger partial charge in [0.05, 0.1) is 0 Å². The van der Waals surface area contributed by atoms with Crippen molar-refractivity contribution >= 4 is 11.8 Å². The molecule has 0 aliphatic carbocycles. The van der Waals surface area contributed by atoms with Crippen LogP contribution in [0.4, 0.5) is 0 Å². The number of thioether (sulfide) groups is 1. The molecule has 1 nitrogen and oxygen atoms in total. The molecule has 0 aliphatic rings. The third-order valence-electron chi connectivity index (χ3n) is 3.45. The lowest BCUT2D eigenvalue weighted by Crippen LogP contribution is -2.38. The molecule has 0 heterocycles. The topological polar surface area (TPSA) is 3.24 Å². The first kappa shape index (κ1) is 16.6. The van der Waals surface area contributed by atoms with E-state index in [2.05, 4.69) is 62.9 Å². The summed E-state index contributed by atoms with van der Waals surface area (Å²) in [7, 11) is 0. The molecule has 0 fully saturated rings. The molecule has 108 valence electrons. The second-order valence-electron chi connectivity index (χ2n) is 5.52. The van der Waals surface area contributed by atoms with Crippen molar-refractivity contribution in [3.63, 3.8) is 0 Å². The number of hydrogen-bond acceptors (Lipinski definition) is 2. The van der Waals surface area contributed by atoms with Crippen molar-refractivity contribution < 1.29 is 0 Å². The maximum Gasteiger partial charge on any atom is 0.0108 e. The lowest BCUT2D eigenvalue weighted by Gasteiger charge is -2.31. The monoisotopic (exact) mass is 279 g/mol. The van der Waals surface area contributed by atoms with Gasteiger partial charge in [-0.2, -0.15) is 0 Å². The van der Waals surface area contributed by atoms with Crippen LogP contribution in [0.3, 0.4) is 0 Å². The second-order valence-corrected chi connectivity index (χ2v) is 6.69. The van der Waals surface area contributed by atoms with Crippen LogP contribution in [0.2, 0.25) is 0 Å². The zero-order valence-corrected chi connectivity index (χ0v) is 13.7. The van der Waals surface area contributed by atoms with E-state index in [0.717, 1.165) is 12.0 Å². The Balaban J connectivity index is 2.43. The van der Waals surface area contributed by atoms with Gasteiger partial charge in [-0.3, -0.25) is 4.90 Å². The highest BCUT2D eigenvalue weighted by atomic mass is 32.2. The van der Waals surface area contributed by atoms with Gasteiger partial charge < -0.3 is 0 Å². The molecule has 0 atom stereocenters. The quantitative estimate of drug-likeness (QED) is 0.590. The minimum atomic E-state index is 0.749. The summed E-state index contributed by atoms with van der Waals surface area (Å²) < 4.78 is 0. The Morgan fingerprint density at radius 3 is 2.21 bits per heavy atom. The normalized spacial score (nSPS) is 11.7. The first-order valence-corrected chi connectivity index (χ1v) is 8.57. The summed E-state index contributed by atoms with van der Waals surface area (Å²) in [6.07, 6.45) is 2.53.